The predicted molar refractivity (Wildman–Crippen MR) is 102 cm³/mol. The largest absolute Gasteiger partial charge is 0.353 e. The van der Waals surface area contributed by atoms with Crippen molar-refractivity contribution in [2.75, 3.05) is 5.75 Å². The summed E-state index contributed by atoms with van der Waals surface area (Å²) in [5, 5.41) is 11.4. The van der Waals surface area contributed by atoms with Crippen molar-refractivity contribution in [1.29, 1.82) is 0 Å². The standard InChI is InChI=1S/C18H21N5O2S/c1-11(2)19-15(24)10-26-18-21-20-16-17(25)22(7-8-23(16)18)14-6-5-12(3)13(4)9-14/h5-9,11H,10H2,1-4H3,(H,19,24). The molecule has 0 atom stereocenters. The quantitative estimate of drug-likeness (QED) is 0.695. The lowest BCUT2D eigenvalue weighted by atomic mass is 10.1. The molecule has 3 rings (SSSR count). The minimum atomic E-state index is -0.248. The van der Waals surface area contributed by atoms with Crippen molar-refractivity contribution in [3.63, 3.8) is 0 Å². The van der Waals surface area contributed by atoms with Gasteiger partial charge in [-0.15, -0.1) is 10.2 Å². The van der Waals surface area contributed by atoms with Gasteiger partial charge in [0.25, 0.3) is 0 Å². The molecule has 0 aliphatic heterocycles. The first kappa shape index (κ1) is 18.2. The summed E-state index contributed by atoms with van der Waals surface area (Å²) >= 11 is 1.25. The third-order valence-corrected chi connectivity index (χ3v) is 4.93. The number of carbonyl (C=O) groups is 1. The Bertz CT molecular complexity index is 1020. The molecule has 0 aliphatic carbocycles. The number of aryl methyl sites for hydroxylation is 2. The second-order valence-electron chi connectivity index (χ2n) is 6.43. The van der Waals surface area contributed by atoms with Crippen molar-refractivity contribution in [1.82, 2.24) is 24.5 Å². The van der Waals surface area contributed by atoms with Crippen LogP contribution >= 0.6 is 11.8 Å². The molecular weight excluding hydrogens is 350 g/mol. The number of thioether (sulfide) groups is 1. The van der Waals surface area contributed by atoms with E-state index < -0.39 is 0 Å². The first-order chi connectivity index (χ1) is 12.4. The fraction of sp³-hybridized carbons (Fsp3) is 0.333. The molecule has 136 valence electrons. The number of amides is 1. The Morgan fingerprint density at radius 3 is 2.65 bits per heavy atom. The molecule has 0 fully saturated rings. The van der Waals surface area contributed by atoms with Crippen molar-refractivity contribution >= 4 is 23.3 Å². The van der Waals surface area contributed by atoms with E-state index in [-0.39, 0.29) is 28.9 Å². The molecule has 2 aromatic heterocycles. The molecule has 2 heterocycles. The Kier molecular flexibility index (Phi) is 5.13. The molecule has 0 bridgehead atoms. The Labute approximate surface area is 155 Å². The Balaban J connectivity index is 1.90. The van der Waals surface area contributed by atoms with Gasteiger partial charge in [-0.1, -0.05) is 17.8 Å². The summed E-state index contributed by atoms with van der Waals surface area (Å²) in [6.07, 6.45) is 3.44. The van der Waals surface area contributed by atoms with E-state index in [2.05, 4.69) is 15.5 Å². The zero-order valence-corrected chi connectivity index (χ0v) is 16.0. The number of carbonyl (C=O) groups excluding carboxylic acids is 1. The summed E-state index contributed by atoms with van der Waals surface area (Å²) in [5.41, 5.74) is 3.06. The maximum absolute atomic E-state index is 12.8. The molecule has 1 amide bonds. The lowest BCUT2D eigenvalue weighted by Gasteiger charge is -2.09. The summed E-state index contributed by atoms with van der Waals surface area (Å²) in [5.74, 6) is 0.143. The van der Waals surface area contributed by atoms with Crippen LogP contribution in [0.1, 0.15) is 25.0 Å². The molecule has 1 N–H and O–H groups in total. The first-order valence-electron chi connectivity index (χ1n) is 8.33. The summed E-state index contributed by atoms with van der Waals surface area (Å²) in [7, 11) is 0. The highest BCUT2D eigenvalue weighted by molar-refractivity contribution is 7.99. The van der Waals surface area contributed by atoms with Crippen molar-refractivity contribution in [3.05, 3.63) is 52.1 Å². The van der Waals surface area contributed by atoms with Crippen LogP contribution in [0.5, 0.6) is 0 Å². The van der Waals surface area contributed by atoms with E-state index in [9.17, 15) is 9.59 Å². The average molecular weight is 371 g/mol. The van der Waals surface area contributed by atoms with E-state index in [0.717, 1.165) is 11.3 Å². The van der Waals surface area contributed by atoms with Crippen LogP contribution in [0.25, 0.3) is 11.3 Å². The van der Waals surface area contributed by atoms with Crippen LogP contribution in [0.15, 0.2) is 40.5 Å². The monoisotopic (exact) mass is 371 g/mol. The van der Waals surface area contributed by atoms with E-state index in [1.54, 1.807) is 21.4 Å². The number of nitrogens with zero attached hydrogens (tertiary/aromatic N) is 4. The Morgan fingerprint density at radius 1 is 1.19 bits per heavy atom. The maximum atomic E-state index is 12.8. The Morgan fingerprint density at radius 2 is 1.96 bits per heavy atom. The lowest BCUT2D eigenvalue weighted by Crippen LogP contribution is -2.31. The maximum Gasteiger partial charge on any atom is 0.300 e. The third kappa shape index (κ3) is 3.65. The number of hydrogen-bond acceptors (Lipinski definition) is 5. The molecule has 8 heteroatoms. The molecule has 0 radical (unpaired) electrons. The zero-order chi connectivity index (χ0) is 18.8. The van der Waals surface area contributed by atoms with Gasteiger partial charge in [0.05, 0.1) is 5.75 Å². The Hall–Kier alpha value is -2.61. The molecule has 0 saturated heterocycles. The van der Waals surface area contributed by atoms with E-state index in [1.807, 2.05) is 45.9 Å². The number of aromatic nitrogens is 4. The van der Waals surface area contributed by atoms with Crippen LogP contribution in [-0.2, 0) is 4.79 Å². The molecule has 26 heavy (non-hydrogen) atoms. The van der Waals surface area contributed by atoms with Crippen molar-refractivity contribution in [2.24, 2.45) is 0 Å². The SMILES string of the molecule is Cc1ccc(-n2ccn3c(SCC(=O)NC(C)C)nnc3c2=O)cc1C. The molecule has 0 unspecified atom stereocenters. The smallest absolute Gasteiger partial charge is 0.300 e. The van der Waals surface area contributed by atoms with Gasteiger partial charge in [-0.2, -0.15) is 0 Å². The van der Waals surface area contributed by atoms with Crippen molar-refractivity contribution < 1.29 is 4.79 Å². The van der Waals surface area contributed by atoms with Gasteiger partial charge in [0, 0.05) is 24.1 Å². The van der Waals surface area contributed by atoms with Gasteiger partial charge in [-0.3, -0.25) is 18.6 Å². The van der Waals surface area contributed by atoms with Crippen LogP contribution in [0.4, 0.5) is 0 Å². The van der Waals surface area contributed by atoms with Crippen LogP contribution < -0.4 is 10.9 Å². The van der Waals surface area contributed by atoms with Crippen LogP contribution in [-0.4, -0.2) is 36.9 Å². The lowest BCUT2D eigenvalue weighted by molar-refractivity contribution is -0.119. The highest BCUT2D eigenvalue weighted by Crippen LogP contribution is 2.17. The second-order valence-corrected chi connectivity index (χ2v) is 7.37. The van der Waals surface area contributed by atoms with Gasteiger partial charge in [0.2, 0.25) is 11.6 Å². The third-order valence-electron chi connectivity index (χ3n) is 3.99. The topological polar surface area (TPSA) is 81.3 Å². The molecule has 3 aromatic rings. The van der Waals surface area contributed by atoms with E-state index in [1.165, 1.54) is 17.3 Å². The molecular formula is C18H21N5O2S. The fourth-order valence-corrected chi connectivity index (χ4v) is 3.27. The first-order valence-corrected chi connectivity index (χ1v) is 9.31. The number of fused-ring (bicyclic) bond motifs is 1. The van der Waals surface area contributed by atoms with Gasteiger partial charge < -0.3 is 5.32 Å². The van der Waals surface area contributed by atoms with Crippen molar-refractivity contribution in [2.45, 2.75) is 38.9 Å². The highest BCUT2D eigenvalue weighted by Gasteiger charge is 2.14. The minimum Gasteiger partial charge on any atom is -0.353 e. The van der Waals surface area contributed by atoms with Crippen LogP contribution in [0.2, 0.25) is 0 Å². The van der Waals surface area contributed by atoms with Gasteiger partial charge in [-0.05, 0) is 51.0 Å². The second kappa shape index (κ2) is 7.33. The van der Waals surface area contributed by atoms with Gasteiger partial charge in [-0.25, -0.2) is 0 Å². The number of benzene rings is 1. The van der Waals surface area contributed by atoms with E-state index in [4.69, 9.17) is 0 Å². The molecule has 0 saturated carbocycles. The van der Waals surface area contributed by atoms with Gasteiger partial charge in [0.15, 0.2) is 5.16 Å². The summed E-state index contributed by atoms with van der Waals surface area (Å²) in [4.78, 5) is 24.6. The number of rotatable bonds is 5. The van der Waals surface area contributed by atoms with Gasteiger partial charge in [0.1, 0.15) is 0 Å². The van der Waals surface area contributed by atoms with E-state index in [0.29, 0.717) is 5.16 Å². The van der Waals surface area contributed by atoms with Gasteiger partial charge >= 0.3 is 5.56 Å². The average Bonchev–Trinajstić information content (AvgIpc) is 2.99. The fourth-order valence-electron chi connectivity index (χ4n) is 2.54. The summed E-state index contributed by atoms with van der Waals surface area (Å²) in [6.45, 7) is 7.85. The summed E-state index contributed by atoms with van der Waals surface area (Å²) in [6, 6.07) is 5.95. The summed E-state index contributed by atoms with van der Waals surface area (Å²) < 4.78 is 3.17. The molecule has 0 aliphatic rings. The molecule has 7 nitrogen and oxygen atoms in total. The number of nitrogens with one attached hydrogen (secondary N) is 1. The zero-order valence-electron chi connectivity index (χ0n) is 15.2. The van der Waals surface area contributed by atoms with E-state index >= 15 is 0 Å². The highest BCUT2D eigenvalue weighted by atomic mass is 32.2. The number of hydrogen-bond donors (Lipinski definition) is 1. The minimum absolute atomic E-state index is 0.0785. The molecule has 1 aromatic carbocycles. The van der Waals surface area contributed by atoms with Crippen molar-refractivity contribution in [3.8, 4) is 5.69 Å². The normalized spacial score (nSPS) is 11.3. The van der Waals surface area contributed by atoms with Crippen LogP contribution in [0.3, 0.4) is 0 Å². The predicted octanol–water partition coefficient (Wildman–Crippen LogP) is 2.11. The van der Waals surface area contributed by atoms with Crippen LogP contribution in [0, 0.1) is 13.8 Å². The molecule has 0 spiro atoms.